The summed E-state index contributed by atoms with van der Waals surface area (Å²) >= 11 is 0. The Balaban J connectivity index is 1.49. The van der Waals surface area contributed by atoms with E-state index >= 15 is 0 Å². The lowest BCUT2D eigenvalue weighted by Crippen LogP contribution is -2.64. The van der Waals surface area contributed by atoms with Crippen LogP contribution in [-0.4, -0.2) is 38.2 Å². The largest absolute Gasteiger partial charge is 0.413 e. The molecular weight excluding hydrogens is 420 g/mol. The standard InChI is InChI=1S/C25H34N2O4Si/c1-15(31-32(5,6)25(2,3)4)20-21(26-22(20)28)16-12-13-18-19(14-16)24(30)27(23(18)29)17-10-8-7-9-11-17/h7-12,15,18-21H,13-14H2,1-6H3,(H,26,28)/t15-,18?,19?,20-,21-/m1/s1. The monoisotopic (exact) mass is 454 g/mol. The van der Waals surface area contributed by atoms with Gasteiger partial charge < -0.3 is 9.74 Å². The smallest absolute Gasteiger partial charge is 0.238 e. The van der Waals surface area contributed by atoms with Crippen LogP contribution >= 0.6 is 0 Å². The molecule has 1 aliphatic carbocycles. The maximum absolute atomic E-state index is 13.2. The number of hydrogen-bond acceptors (Lipinski definition) is 4. The van der Waals surface area contributed by atoms with Crippen molar-refractivity contribution in [2.75, 3.05) is 4.90 Å². The van der Waals surface area contributed by atoms with Crippen LogP contribution in [0.3, 0.4) is 0 Å². The predicted molar refractivity (Wildman–Crippen MR) is 126 cm³/mol. The first-order chi connectivity index (χ1) is 14.9. The minimum atomic E-state index is -2.01. The van der Waals surface area contributed by atoms with Crippen molar-refractivity contribution in [2.24, 2.45) is 17.8 Å². The van der Waals surface area contributed by atoms with Crippen LogP contribution in [0.25, 0.3) is 0 Å². The third-order valence-corrected chi connectivity index (χ3v) is 12.4. The predicted octanol–water partition coefficient (Wildman–Crippen LogP) is 4.04. The zero-order valence-corrected chi connectivity index (χ0v) is 20.8. The van der Waals surface area contributed by atoms with Crippen LogP contribution in [0.2, 0.25) is 18.1 Å². The highest BCUT2D eigenvalue weighted by Gasteiger charge is 2.53. The summed E-state index contributed by atoms with van der Waals surface area (Å²) in [5.74, 6) is -1.19. The fourth-order valence-corrected chi connectivity index (χ4v) is 6.33. The molecule has 0 radical (unpaired) electrons. The van der Waals surface area contributed by atoms with Crippen LogP contribution < -0.4 is 10.2 Å². The quantitative estimate of drug-likeness (QED) is 0.315. The summed E-state index contributed by atoms with van der Waals surface area (Å²) in [5.41, 5.74) is 1.68. The lowest BCUT2D eigenvalue weighted by Gasteiger charge is -2.46. The number of hydrogen-bond donors (Lipinski definition) is 1. The third kappa shape index (κ3) is 3.75. The molecule has 2 aliphatic heterocycles. The summed E-state index contributed by atoms with van der Waals surface area (Å²) in [7, 11) is -2.01. The number of amides is 3. The molecule has 2 saturated heterocycles. The van der Waals surface area contributed by atoms with Crippen LogP contribution in [-0.2, 0) is 18.8 Å². The van der Waals surface area contributed by atoms with E-state index in [1.165, 1.54) is 4.90 Å². The van der Waals surface area contributed by atoms with Crippen molar-refractivity contribution in [3.63, 3.8) is 0 Å². The molecule has 0 aromatic heterocycles. The molecule has 172 valence electrons. The van der Waals surface area contributed by atoms with Crippen molar-refractivity contribution in [2.45, 2.75) is 70.8 Å². The van der Waals surface area contributed by atoms with Gasteiger partial charge >= 0.3 is 0 Å². The van der Waals surface area contributed by atoms with Gasteiger partial charge in [-0.1, -0.05) is 50.6 Å². The summed E-state index contributed by atoms with van der Waals surface area (Å²) < 4.78 is 6.52. The SMILES string of the molecule is C[C@@H](O[Si](C)(C)C(C)(C)C)[C@H]1C(=O)N[C@@H]1C1=CCC2C(=O)N(c3ccccc3)C(=O)C2C1. The van der Waals surface area contributed by atoms with E-state index in [0.717, 1.165) is 5.57 Å². The molecule has 4 rings (SSSR count). The van der Waals surface area contributed by atoms with Crippen molar-refractivity contribution in [3.05, 3.63) is 42.0 Å². The van der Waals surface area contributed by atoms with Gasteiger partial charge in [0.1, 0.15) is 0 Å². The Hall–Kier alpha value is -2.25. The first-order valence-electron chi connectivity index (χ1n) is 11.5. The van der Waals surface area contributed by atoms with Gasteiger partial charge in [-0.05, 0) is 50.0 Å². The molecule has 0 bridgehead atoms. The fourth-order valence-electron chi connectivity index (χ4n) is 4.90. The van der Waals surface area contributed by atoms with Crippen molar-refractivity contribution in [1.29, 1.82) is 0 Å². The van der Waals surface area contributed by atoms with E-state index in [-0.39, 0.29) is 52.7 Å². The van der Waals surface area contributed by atoms with E-state index in [2.05, 4.69) is 45.3 Å². The summed E-state index contributed by atoms with van der Waals surface area (Å²) in [6, 6.07) is 9.00. The molecule has 3 aliphatic rings. The average molecular weight is 455 g/mol. The zero-order valence-electron chi connectivity index (χ0n) is 19.8. The number of anilines is 1. The summed E-state index contributed by atoms with van der Waals surface area (Å²) in [5, 5.41) is 3.10. The number of fused-ring (bicyclic) bond motifs is 1. The van der Waals surface area contributed by atoms with Gasteiger partial charge in [0, 0.05) is 0 Å². The molecule has 2 unspecified atom stereocenters. The Kier molecular flexibility index (Phi) is 5.70. The first-order valence-corrected chi connectivity index (χ1v) is 14.4. The van der Waals surface area contributed by atoms with Gasteiger partial charge in [-0.2, -0.15) is 0 Å². The lowest BCUT2D eigenvalue weighted by atomic mass is 9.73. The number of carbonyl (C=O) groups is 3. The van der Waals surface area contributed by atoms with Crippen molar-refractivity contribution >= 4 is 31.7 Å². The summed E-state index contributed by atoms with van der Waals surface area (Å²) in [6.45, 7) is 12.9. The molecule has 32 heavy (non-hydrogen) atoms. The van der Waals surface area contributed by atoms with Crippen LogP contribution in [0.4, 0.5) is 5.69 Å². The van der Waals surface area contributed by atoms with Gasteiger partial charge in [0.05, 0.1) is 35.6 Å². The van der Waals surface area contributed by atoms with Crippen LogP contribution in [0, 0.1) is 17.8 Å². The Morgan fingerprint density at radius 1 is 1.06 bits per heavy atom. The molecule has 0 saturated carbocycles. The lowest BCUT2D eigenvalue weighted by molar-refractivity contribution is -0.138. The molecule has 3 amide bonds. The normalized spacial score (nSPS) is 29.2. The van der Waals surface area contributed by atoms with E-state index < -0.39 is 8.32 Å². The molecule has 2 fully saturated rings. The molecule has 5 atom stereocenters. The molecule has 1 aromatic rings. The molecule has 6 nitrogen and oxygen atoms in total. The number of carbonyl (C=O) groups excluding carboxylic acids is 3. The molecular formula is C25H34N2O4Si. The zero-order chi connectivity index (χ0) is 23.4. The van der Waals surface area contributed by atoms with Crippen LogP contribution in [0.15, 0.2) is 42.0 Å². The van der Waals surface area contributed by atoms with Crippen molar-refractivity contribution in [3.8, 4) is 0 Å². The summed E-state index contributed by atoms with van der Waals surface area (Å²) in [4.78, 5) is 40.0. The van der Waals surface area contributed by atoms with Gasteiger partial charge in [-0.3, -0.25) is 19.3 Å². The number of imide groups is 1. The Bertz CT molecular complexity index is 966. The number of nitrogens with zero attached hydrogens (tertiary/aromatic N) is 1. The molecule has 2 heterocycles. The van der Waals surface area contributed by atoms with Crippen LogP contribution in [0.5, 0.6) is 0 Å². The molecule has 0 spiro atoms. The van der Waals surface area contributed by atoms with Gasteiger partial charge in [-0.15, -0.1) is 0 Å². The Morgan fingerprint density at radius 3 is 2.28 bits per heavy atom. The second-order valence-electron chi connectivity index (χ2n) is 10.9. The highest BCUT2D eigenvalue weighted by atomic mass is 28.4. The Labute approximate surface area is 191 Å². The van der Waals surface area contributed by atoms with Gasteiger partial charge in [-0.25, -0.2) is 0 Å². The topological polar surface area (TPSA) is 75.7 Å². The van der Waals surface area contributed by atoms with Gasteiger partial charge in [0.15, 0.2) is 8.32 Å². The van der Waals surface area contributed by atoms with E-state index in [1.807, 2.05) is 25.1 Å². The number of β-lactam (4-membered cyclic amide) rings is 1. The van der Waals surface area contributed by atoms with E-state index in [0.29, 0.717) is 18.5 Å². The van der Waals surface area contributed by atoms with E-state index in [1.54, 1.807) is 12.1 Å². The highest BCUT2D eigenvalue weighted by molar-refractivity contribution is 6.74. The maximum Gasteiger partial charge on any atom is 0.238 e. The van der Waals surface area contributed by atoms with Crippen molar-refractivity contribution in [1.82, 2.24) is 5.32 Å². The maximum atomic E-state index is 13.2. The molecule has 1 aromatic carbocycles. The second kappa shape index (κ2) is 7.95. The number of allylic oxidation sites excluding steroid dienone is 1. The minimum Gasteiger partial charge on any atom is -0.413 e. The first kappa shape index (κ1) is 22.9. The minimum absolute atomic E-state index is 0.00368. The molecule has 7 heteroatoms. The van der Waals surface area contributed by atoms with Crippen molar-refractivity contribution < 1.29 is 18.8 Å². The van der Waals surface area contributed by atoms with Gasteiger partial charge in [0.2, 0.25) is 17.7 Å². The summed E-state index contributed by atoms with van der Waals surface area (Å²) in [6.07, 6.45) is 2.91. The fraction of sp³-hybridized carbons (Fsp3) is 0.560. The highest BCUT2D eigenvalue weighted by Crippen LogP contribution is 2.44. The number of rotatable bonds is 5. The van der Waals surface area contributed by atoms with E-state index in [9.17, 15) is 14.4 Å². The second-order valence-corrected chi connectivity index (χ2v) is 15.6. The molecule has 1 N–H and O–H groups in total. The number of benzene rings is 1. The average Bonchev–Trinajstić information content (AvgIpc) is 2.95. The van der Waals surface area contributed by atoms with Crippen LogP contribution in [0.1, 0.15) is 40.5 Å². The Morgan fingerprint density at radius 2 is 1.69 bits per heavy atom. The van der Waals surface area contributed by atoms with Gasteiger partial charge in [0.25, 0.3) is 0 Å². The number of para-hydroxylation sites is 1. The third-order valence-electron chi connectivity index (χ3n) is 7.82. The van der Waals surface area contributed by atoms with E-state index in [4.69, 9.17) is 4.43 Å². The number of nitrogens with one attached hydrogen (secondary N) is 1.